The molecule has 3 saturated heterocycles. The van der Waals surface area contributed by atoms with Gasteiger partial charge in [0.05, 0.1) is 53.2 Å². The van der Waals surface area contributed by atoms with E-state index in [0.717, 1.165) is 32.1 Å². The van der Waals surface area contributed by atoms with Gasteiger partial charge in [-0.15, -0.1) is 0 Å². The van der Waals surface area contributed by atoms with Crippen LogP contribution >= 0.6 is 0 Å². The third kappa shape index (κ3) is 9.10. The summed E-state index contributed by atoms with van der Waals surface area (Å²) in [5, 5.41) is 47.2. The van der Waals surface area contributed by atoms with Crippen LogP contribution in [0.1, 0.15) is 123 Å². The van der Waals surface area contributed by atoms with Gasteiger partial charge in [0.2, 0.25) is 0 Å². The van der Waals surface area contributed by atoms with Crippen LogP contribution in [0.4, 0.5) is 0 Å². The fourth-order valence-electron chi connectivity index (χ4n) is 14.2. The van der Waals surface area contributed by atoms with Crippen LogP contribution < -0.4 is 0 Å². The summed E-state index contributed by atoms with van der Waals surface area (Å²) in [6.07, 6.45) is -5.03. The maximum atomic E-state index is 13.3. The number of rotatable bonds is 13. The quantitative estimate of drug-likeness (QED) is 0.157. The van der Waals surface area contributed by atoms with Gasteiger partial charge in [-0.2, -0.15) is 0 Å². The number of carbonyl (C=O) groups excluding carboxylic acids is 2. The second-order valence-corrected chi connectivity index (χ2v) is 21.5. The number of fused-ring (bicyclic) bond motifs is 5. The van der Waals surface area contributed by atoms with Gasteiger partial charge in [-0.1, -0.05) is 32.0 Å². The highest BCUT2D eigenvalue weighted by Gasteiger charge is 2.77. The fraction of sp³-hybridized carbons (Fsp3) is 0.843. The molecule has 7 fully saturated rings. The zero-order chi connectivity index (χ0) is 49.1. The maximum absolute atomic E-state index is 13.3. The van der Waals surface area contributed by atoms with E-state index in [1.54, 1.807) is 52.3 Å². The van der Waals surface area contributed by atoms with E-state index in [1.165, 1.54) is 14.0 Å². The van der Waals surface area contributed by atoms with Crippen LogP contribution in [-0.4, -0.2) is 163 Å². The van der Waals surface area contributed by atoms with Crippen LogP contribution in [0, 0.1) is 28.6 Å². The lowest BCUT2D eigenvalue weighted by atomic mass is 9.42. The van der Waals surface area contributed by atoms with E-state index in [-0.39, 0.29) is 48.2 Å². The molecular formula is C51H78O17. The predicted molar refractivity (Wildman–Crippen MR) is 242 cm³/mol. The second kappa shape index (κ2) is 20.3. The van der Waals surface area contributed by atoms with Crippen LogP contribution in [0.15, 0.2) is 30.3 Å². The molecule has 384 valence electrons. The Balaban J connectivity index is 0.889. The van der Waals surface area contributed by atoms with Gasteiger partial charge in [0, 0.05) is 41.1 Å². The highest BCUT2D eigenvalue weighted by atomic mass is 16.8. The Morgan fingerprint density at radius 2 is 1.34 bits per heavy atom. The molecule has 17 nitrogen and oxygen atoms in total. The smallest absolute Gasteiger partial charge is 0.338 e. The van der Waals surface area contributed by atoms with Crippen molar-refractivity contribution in [3.63, 3.8) is 0 Å². The number of carbonyl (C=O) groups is 2. The number of ether oxygens (including phenoxy) is 11. The predicted octanol–water partition coefficient (Wildman–Crippen LogP) is 4.60. The van der Waals surface area contributed by atoms with Crippen molar-refractivity contribution in [3.8, 4) is 0 Å². The van der Waals surface area contributed by atoms with Crippen LogP contribution in [0.5, 0.6) is 0 Å². The number of methoxy groups -OCH3 is 3. The molecule has 4 saturated carbocycles. The molecule has 3 aliphatic heterocycles. The van der Waals surface area contributed by atoms with Crippen molar-refractivity contribution in [1.82, 2.24) is 0 Å². The minimum atomic E-state index is -1.66. The van der Waals surface area contributed by atoms with Crippen molar-refractivity contribution < 1.29 is 82.1 Å². The average molecular weight is 963 g/mol. The number of benzene rings is 1. The third-order valence-electron chi connectivity index (χ3n) is 18.2. The standard InChI is InChI=1S/C51H78O17/c1-26-41(53)45(60-10)42(54)47(63-26)68-44-28(3)62-40(25-37(44)59-9)67-43-27(2)61-39(24-36(43)58-8)66-33-18-19-48(6)32(22-33)16-17-34-35(48)23-38(65-30(5)52)49(7)50(56,20-21-51(34,49)57)29(4)64-46(55)31-14-12-11-13-15-31/h11-15,26-29,32-45,47,53-54,56-57H,16-25H2,1-10H3/t26-,27-,28-,29?,32+,33+,34-,35+,36+,37-,38-,39+,40+,41-,42-,43-,44-,45-,47+,48+,49-,50-,51+/m1/s1. The Hall–Kier alpha value is -2.36. The molecule has 1 aromatic carbocycles. The normalized spacial score (nSPS) is 48.6. The van der Waals surface area contributed by atoms with Gasteiger partial charge >= 0.3 is 11.9 Å². The lowest BCUT2D eigenvalue weighted by molar-refractivity contribution is -0.352. The first-order valence-electron chi connectivity index (χ1n) is 25.0. The lowest BCUT2D eigenvalue weighted by Gasteiger charge is -2.66. The summed E-state index contributed by atoms with van der Waals surface area (Å²) in [4.78, 5) is 26.1. The molecule has 68 heavy (non-hydrogen) atoms. The summed E-state index contributed by atoms with van der Waals surface area (Å²) in [7, 11) is 4.66. The summed E-state index contributed by atoms with van der Waals surface area (Å²) in [5.74, 6) is -0.934. The molecule has 0 aromatic heterocycles. The number of hydrogen-bond acceptors (Lipinski definition) is 17. The molecule has 1 aromatic rings. The Morgan fingerprint density at radius 3 is 1.96 bits per heavy atom. The van der Waals surface area contributed by atoms with Crippen LogP contribution in [0.3, 0.4) is 0 Å². The second-order valence-electron chi connectivity index (χ2n) is 21.5. The van der Waals surface area contributed by atoms with Crippen molar-refractivity contribution in [2.45, 2.75) is 222 Å². The zero-order valence-electron chi connectivity index (χ0n) is 41.5. The van der Waals surface area contributed by atoms with Gasteiger partial charge in [-0.05, 0) is 114 Å². The van der Waals surface area contributed by atoms with Crippen LogP contribution in [-0.2, 0) is 56.9 Å². The Bertz CT molecular complexity index is 1890. The summed E-state index contributed by atoms with van der Waals surface area (Å²) in [6, 6.07) is 8.64. The topological polar surface area (TPSA) is 217 Å². The molecule has 17 heteroatoms. The zero-order valence-corrected chi connectivity index (χ0v) is 41.5. The number of aliphatic hydroxyl groups excluding tert-OH is 2. The highest BCUT2D eigenvalue weighted by Crippen LogP contribution is 2.71. The largest absolute Gasteiger partial charge is 0.462 e. The first-order chi connectivity index (χ1) is 32.2. The van der Waals surface area contributed by atoms with E-state index in [9.17, 15) is 30.0 Å². The SMILES string of the molecule is CO[C@H]1[C@@H](O)[C@H](O[C@@H]2[C@@H](C)O[C@@H](O[C@H]3[C@@H](OC)C[C@H](O[C@H]4CC[C@@]5(C)[C@@H](CC[C@@H]6[C@@H]5C[C@@H](OC(C)=O)[C@]5(C)[C@](O)(C(C)OC(=O)c7ccccc7)CC[C@]65O)C4)O[C@@H]3C)C[C@H]2OC)O[C@H](C)[C@H]1O. The van der Waals surface area contributed by atoms with Crippen LogP contribution in [0.2, 0.25) is 0 Å². The van der Waals surface area contributed by atoms with E-state index in [2.05, 4.69) is 6.92 Å². The number of esters is 2. The van der Waals surface area contributed by atoms with Gasteiger partial charge in [-0.25, -0.2) is 4.79 Å². The van der Waals surface area contributed by atoms with Crippen molar-refractivity contribution in [3.05, 3.63) is 35.9 Å². The van der Waals surface area contributed by atoms with Crippen LogP contribution in [0.25, 0.3) is 0 Å². The molecule has 23 atom stereocenters. The Morgan fingerprint density at radius 1 is 0.706 bits per heavy atom. The van der Waals surface area contributed by atoms with E-state index >= 15 is 0 Å². The molecule has 8 rings (SSSR count). The molecule has 4 N–H and O–H groups in total. The molecular weight excluding hydrogens is 885 g/mol. The lowest BCUT2D eigenvalue weighted by Crippen LogP contribution is -2.72. The van der Waals surface area contributed by atoms with Gasteiger partial charge in [0.15, 0.2) is 18.9 Å². The van der Waals surface area contributed by atoms with Gasteiger partial charge in [0.25, 0.3) is 0 Å². The van der Waals surface area contributed by atoms with E-state index in [0.29, 0.717) is 24.8 Å². The molecule has 4 aliphatic carbocycles. The Labute approximate surface area is 401 Å². The summed E-state index contributed by atoms with van der Waals surface area (Å²) >= 11 is 0. The van der Waals surface area contributed by atoms with Crippen molar-refractivity contribution in [2.75, 3.05) is 21.3 Å². The number of aliphatic hydroxyl groups is 4. The van der Waals surface area contributed by atoms with E-state index in [4.69, 9.17) is 52.1 Å². The van der Waals surface area contributed by atoms with Crippen molar-refractivity contribution in [2.24, 2.45) is 28.6 Å². The third-order valence-corrected chi connectivity index (χ3v) is 18.2. The molecule has 7 aliphatic rings. The first-order valence-corrected chi connectivity index (χ1v) is 25.0. The summed E-state index contributed by atoms with van der Waals surface area (Å²) in [6.45, 7) is 12.7. The van der Waals surface area contributed by atoms with Gasteiger partial charge < -0.3 is 72.5 Å². The maximum Gasteiger partial charge on any atom is 0.338 e. The minimum Gasteiger partial charge on any atom is -0.462 e. The Kier molecular flexibility index (Phi) is 15.5. The monoisotopic (exact) mass is 963 g/mol. The summed E-state index contributed by atoms with van der Waals surface area (Å²) in [5.41, 5.74) is -4.18. The minimum absolute atomic E-state index is 0.00748. The fourth-order valence-corrected chi connectivity index (χ4v) is 14.2. The molecule has 1 unspecified atom stereocenters. The molecule has 0 amide bonds. The van der Waals surface area contributed by atoms with Gasteiger partial charge in [0.1, 0.15) is 48.3 Å². The van der Waals surface area contributed by atoms with Crippen molar-refractivity contribution >= 4 is 11.9 Å². The first kappa shape index (κ1) is 52.0. The highest BCUT2D eigenvalue weighted by molar-refractivity contribution is 5.89. The molecule has 0 bridgehead atoms. The average Bonchev–Trinajstić information content (AvgIpc) is 3.53. The van der Waals surface area contributed by atoms with Gasteiger partial charge in [-0.3, -0.25) is 4.79 Å². The van der Waals surface area contributed by atoms with Crippen molar-refractivity contribution in [1.29, 1.82) is 0 Å². The summed E-state index contributed by atoms with van der Waals surface area (Å²) < 4.78 is 67.7. The molecule has 0 spiro atoms. The number of hydrogen-bond donors (Lipinski definition) is 4. The molecule has 3 heterocycles. The van der Waals surface area contributed by atoms with E-state index in [1.807, 2.05) is 26.8 Å². The van der Waals surface area contributed by atoms with E-state index < -0.39 is 115 Å². The molecule has 0 radical (unpaired) electrons.